The summed E-state index contributed by atoms with van der Waals surface area (Å²) < 4.78 is 1.84. The molecule has 1 saturated carbocycles. The van der Waals surface area contributed by atoms with E-state index in [1.165, 1.54) is 23.8 Å². The van der Waals surface area contributed by atoms with E-state index in [1.807, 2.05) is 24.9 Å². The summed E-state index contributed by atoms with van der Waals surface area (Å²) in [6.45, 7) is 4.09. The lowest BCUT2D eigenvalue weighted by Crippen LogP contribution is -2.16. The summed E-state index contributed by atoms with van der Waals surface area (Å²) in [6.07, 6.45) is 4.74. The topological polar surface area (TPSA) is 42.7 Å². The van der Waals surface area contributed by atoms with E-state index < -0.39 is 0 Å². The Morgan fingerprint density at radius 3 is 3.06 bits per heavy atom. The van der Waals surface area contributed by atoms with E-state index in [2.05, 4.69) is 21.5 Å². The number of hydrogen-bond donors (Lipinski definition) is 1. The Balaban J connectivity index is 1.77. The van der Waals surface area contributed by atoms with Crippen LogP contribution in [0.5, 0.6) is 0 Å². The molecule has 0 bridgehead atoms. The molecule has 0 aromatic carbocycles. The first-order valence-corrected chi connectivity index (χ1v) is 6.23. The van der Waals surface area contributed by atoms with Crippen molar-refractivity contribution in [2.24, 2.45) is 13.0 Å². The Morgan fingerprint density at radius 2 is 2.29 bits per heavy atom. The van der Waals surface area contributed by atoms with Crippen LogP contribution in [-0.2, 0) is 13.6 Å². The average molecular weight is 230 g/mol. The highest BCUT2D eigenvalue weighted by Crippen LogP contribution is 2.27. The van der Waals surface area contributed by atoms with Crippen LogP contribution in [0.1, 0.15) is 24.1 Å². The number of aromatic nitrogens is 3. The molecule has 0 amide bonds. The lowest BCUT2D eigenvalue weighted by atomic mass is 10.2. The molecule has 0 saturated heterocycles. The molecule has 1 aliphatic carbocycles. The van der Waals surface area contributed by atoms with Gasteiger partial charge in [0.25, 0.3) is 0 Å². The Morgan fingerprint density at radius 1 is 1.47 bits per heavy atom. The molecule has 0 spiro atoms. The summed E-state index contributed by atoms with van der Waals surface area (Å²) in [4.78, 5) is 4.48. The van der Waals surface area contributed by atoms with Crippen LogP contribution >= 0.6 is 0 Å². The summed E-state index contributed by atoms with van der Waals surface area (Å²) in [6, 6.07) is 2.20. The normalized spacial score (nSPS) is 15.6. The van der Waals surface area contributed by atoms with E-state index in [9.17, 15) is 0 Å². The molecule has 2 aromatic rings. The number of rotatable bonds is 4. The third-order valence-corrected chi connectivity index (χ3v) is 3.38. The molecule has 1 fully saturated rings. The van der Waals surface area contributed by atoms with Crippen molar-refractivity contribution in [1.82, 2.24) is 20.1 Å². The number of pyridine rings is 1. The first-order chi connectivity index (χ1) is 8.24. The number of nitrogens with one attached hydrogen (secondary N) is 1. The highest BCUT2D eigenvalue weighted by molar-refractivity contribution is 5.78. The molecule has 0 atom stereocenters. The van der Waals surface area contributed by atoms with Crippen molar-refractivity contribution < 1.29 is 0 Å². The highest BCUT2D eigenvalue weighted by Gasteiger charge is 2.20. The summed E-state index contributed by atoms with van der Waals surface area (Å²) in [7, 11) is 1.94. The maximum absolute atomic E-state index is 4.48. The van der Waals surface area contributed by atoms with Gasteiger partial charge < -0.3 is 5.32 Å². The van der Waals surface area contributed by atoms with Crippen LogP contribution in [0.3, 0.4) is 0 Å². The van der Waals surface area contributed by atoms with Crippen LogP contribution in [-0.4, -0.2) is 21.3 Å². The van der Waals surface area contributed by atoms with Crippen LogP contribution in [0.25, 0.3) is 11.0 Å². The largest absolute Gasteiger partial charge is 0.312 e. The zero-order valence-corrected chi connectivity index (χ0v) is 10.4. The molecule has 3 rings (SSSR count). The van der Waals surface area contributed by atoms with Crippen LogP contribution in [0, 0.1) is 12.8 Å². The van der Waals surface area contributed by atoms with Crippen molar-refractivity contribution >= 4 is 11.0 Å². The van der Waals surface area contributed by atoms with Crippen molar-refractivity contribution in [2.75, 3.05) is 6.54 Å². The first kappa shape index (κ1) is 10.7. The Kier molecular flexibility index (Phi) is 2.59. The predicted molar refractivity (Wildman–Crippen MR) is 67.7 cm³/mol. The molecule has 1 aliphatic rings. The molecule has 0 aliphatic heterocycles. The van der Waals surface area contributed by atoms with Gasteiger partial charge in [-0.05, 0) is 43.9 Å². The number of nitrogens with zero attached hydrogens (tertiary/aromatic N) is 3. The molecule has 0 radical (unpaired) electrons. The fourth-order valence-electron chi connectivity index (χ4n) is 2.19. The van der Waals surface area contributed by atoms with Crippen molar-refractivity contribution in [2.45, 2.75) is 26.3 Å². The molecule has 17 heavy (non-hydrogen) atoms. The second-order valence-electron chi connectivity index (χ2n) is 5.00. The molecular formula is C13H18N4. The zero-order chi connectivity index (χ0) is 11.8. The molecule has 0 unspecified atom stereocenters. The van der Waals surface area contributed by atoms with Crippen LogP contribution in [0.15, 0.2) is 12.3 Å². The third-order valence-electron chi connectivity index (χ3n) is 3.38. The fourth-order valence-corrected chi connectivity index (χ4v) is 2.19. The molecule has 4 nitrogen and oxygen atoms in total. The second kappa shape index (κ2) is 4.11. The van der Waals surface area contributed by atoms with Crippen LogP contribution in [0.4, 0.5) is 0 Å². The summed E-state index contributed by atoms with van der Waals surface area (Å²) in [5.74, 6) is 0.923. The van der Waals surface area contributed by atoms with Crippen LogP contribution in [0.2, 0.25) is 0 Å². The predicted octanol–water partition coefficient (Wildman–Crippen LogP) is 1.78. The van der Waals surface area contributed by atoms with Gasteiger partial charge in [-0.3, -0.25) is 4.68 Å². The number of fused-ring (bicyclic) bond motifs is 1. The third kappa shape index (κ3) is 2.17. The van der Waals surface area contributed by atoms with Gasteiger partial charge in [0.1, 0.15) is 0 Å². The number of hydrogen-bond acceptors (Lipinski definition) is 3. The Hall–Kier alpha value is -1.42. The molecule has 4 heteroatoms. The minimum absolute atomic E-state index is 0.910. The van der Waals surface area contributed by atoms with Gasteiger partial charge >= 0.3 is 0 Å². The lowest BCUT2D eigenvalue weighted by Gasteiger charge is -2.03. The van der Waals surface area contributed by atoms with Gasteiger partial charge in [-0.25, -0.2) is 4.98 Å². The van der Waals surface area contributed by atoms with Crippen molar-refractivity contribution in [3.05, 3.63) is 23.5 Å². The summed E-state index contributed by atoms with van der Waals surface area (Å²) >= 11 is 0. The zero-order valence-electron chi connectivity index (χ0n) is 10.4. The van der Waals surface area contributed by atoms with Crippen LogP contribution < -0.4 is 5.32 Å². The number of aryl methyl sites for hydroxylation is 2. The quantitative estimate of drug-likeness (QED) is 0.870. The van der Waals surface area contributed by atoms with Crippen molar-refractivity contribution in [1.29, 1.82) is 0 Å². The second-order valence-corrected chi connectivity index (χ2v) is 5.00. The smallest absolute Gasteiger partial charge is 0.157 e. The summed E-state index contributed by atoms with van der Waals surface area (Å²) in [5.41, 5.74) is 3.27. The van der Waals surface area contributed by atoms with Crippen molar-refractivity contribution in [3.8, 4) is 0 Å². The van der Waals surface area contributed by atoms with Gasteiger partial charge in [0.15, 0.2) is 5.65 Å². The maximum Gasteiger partial charge on any atom is 0.157 e. The Bertz CT molecular complexity index is 540. The standard InChI is InChI=1S/C13H18N4/c1-9-12-5-11(7-14-6-10-3-4-10)8-15-13(12)17(2)16-9/h5,8,10,14H,3-4,6-7H2,1-2H3. The van der Waals surface area contributed by atoms with E-state index in [4.69, 9.17) is 0 Å². The molecule has 2 aromatic heterocycles. The minimum Gasteiger partial charge on any atom is -0.312 e. The first-order valence-electron chi connectivity index (χ1n) is 6.23. The van der Waals surface area contributed by atoms with Gasteiger partial charge in [0, 0.05) is 25.2 Å². The van der Waals surface area contributed by atoms with Crippen molar-refractivity contribution in [3.63, 3.8) is 0 Å². The average Bonchev–Trinajstić information content (AvgIpc) is 3.08. The van der Waals surface area contributed by atoms with E-state index >= 15 is 0 Å². The molecule has 1 N–H and O–H groups in total. The van der Waals surface area contributed by atoms with Gasteiger partial charge in [-0.1, -0.05) is 0 Å². The monoisotopic (exact) mass is 230 g/mol. The van der Waals surface area contributed by atoms with Gasteiger partial charge in [-0.2, -0.15) is 5.10 Å². The minimum atomic E-state index is 0.910. The molecule has 90 valence electrons. The maximum atomic E-state index is 4.48. The molecular weight excluding hydrogens is 212 g/mol. The van der Waals surface area contributed by atoms with Gasteiger partial charge in [-0.15, -0.1) is 0 Å². The molecule has 2 heterocycles. The fraction of sp³-hybridized carbons (Fsp3) is 0.538. The SMILES string of the molecule is Cc1nn(C)c2ncc(CNCC3CC3)cc12. The van der Waals surface area contributed by atoms with Gasteiger partial charge in [0.2, 0.25) is 0 Å². The van der Waals surface area contributed by atoms with E-state index in [-0.39, 0.29) is 0 Å². The van der Waals surface area contributed by atoms with E-state index in [0.717, 1.165) is 30.3 Å². The highest BCUT2D eigenvalue weighted by atomic mass is 15.3. The van der Waals surface area contributed by atoms with Gasteiger partial charge in [0.05, 0.1) is 5.69 Å². The lowest BCUT2D eigenvalue weighted by molar-refractivity contribution is 0.638. The Labute approximate surface area is 101 Å². The van der Waals surface area contributed by atoms with E-state index in [1.54, 1.807) is 0 Å². The summed E-state index contributed by atoms with van der Waals surface area (Å²) in [5, 5.41) is 9.04. The van der Waals surface area contributed by atoms with E-state index in [0.29, 0.717) is 0 Å².